The van der Waals surface area contributed by atoms with Gasteiger partial charge in [-0.1, -0.05) is 6.07 Å². The first-order valence-corrected chi connectivity index (χ1v) is 6.91. The van der Waals surface area contributed by atoms with Crippen molar-refractivity contribution in [1.82, 2.24) is 0 Å². The number of nitrogens with zero attached hydrogens (tertiary/aromatic N) is 1. The quantitative estimate of drug-likeness (QED) is 0.803. The Morgan fingerprint density at radius 2 is 2.12 bits per heavy atom. The molecule has 2 N–H and O–H groups in total. The Kier molecular flexibility index (Phi) is 2.83. The number of fused-ring (bicyclic) bond motifs is 1. The van der Waals surface area contributed by atoms with E-state index < -0.39 is 0 Å². The van der Waals surface area contributed by atoms with Crippen LogP contribution in [0.1, 0.15) is 49.8 Å². The minimum atomic E-state index is 0.276. The van der Waals surface area contributed by atoms with Gasteiger partial charge in [0.15, 0.2) is 0 Å². The van der Waals surface area contributed by atoms with Gasteiger partial charge in [-0.25, -0.2) is 0 Å². The Bertz CT molecular complexity index is 413. The van der Waals surface area contributed by atoms with Gasteiger partial charge in [-0.3, -0.25) is 0 Å². The molecule has 1 aliphatic carbocycles. The number of benzene rings is 1. The van der Waals surface area contributed by atoms with Gasteiger partial charge in [0.1, 0.15) is 0 Å². The minimum absolute atomic E-state index is 0.276. The molecule has 1 aliphatic heterocycles. The Hall–Kier alpha value is -1.02. The number of anilines is 1. The smallest absolute Gasteiger partial charge is 0.0371 e. The van der Waals surface area contributed by atoms with E-state index in [0.29, 0.717) is 6.04 Å². The zero-order chi connectivity index (χ0) is 11.8. The SMILES string of the molecule is CC1CCCCN1c1ccc2c(c1)CCC2N. The lowest BCUT2D eigenvalue weighted by Crippen LogP contribution is -2.37. The highest BCUT2D eigenvalue weighted by Crippen LogP contribution is 2.33. The van der Waals surface area contributed by atoms with Crippen molar-refractivity contribution in [2.24, 2.45) is 5.73 Å². The van der Waals surface area contributed by atoms with Gasteiger partial charge < -0.3 is 10.6 Å². The predicted octanol–water partition coefficient (Wildman–Crippen LogP) is 3.01. The molecular formula is C15H22N2. The first-order chi connectivity index (χ1) is 8.25. The van der Waals surface area contributed by atoms with E-state index in [0.717, 1.165) is 12.8 Å². The van der Waals surface area contributed by atoms with Gasteiger partial charge >= 0.3 is 0 Å². The number of hydrogen-bond acceptors (Lipinski definition) is 2. The van der Waals surface area contributed by atoms with Crippen molar-refractivity contribution in [3.05, 3.63) is 29.3 Å². The Balaban J connectivity index is 1.89. The van der Waals surface area contributed by atoms with E-state index in [2.05, 4.69) is 30.0 Å². The Morgan fingerprint density at radius 3 is 2.94 bits per heavy atom. The van der Waals surface area contributed by atoms with Crippen LogP contribution in [0, 0.1) is 0 Å². The third-order valence-electron chi connectivity index (χ3n) is 4.39. The lowest BCUT2D eigenvalue weighted by molar-refractivity contribution is 0.485. The molecule has 2 nitrogen and oxygen atoms in total. The summed E-state index contributed by atoms with van der Waals surface area (Å²) in [5.74, 6) is 0. The lowest BCUT2D eigenvalue weighted by Gasteiger charge is -2.35. The van der Waals surface area contributed by atoms with E-state index >= 15 is 0 Å². The molecule has 92 valence electrons. The van der Waals surface area contributed by atoms with E-state index in [9.17, 15) is 0 Å². The summed E-state index contributed by atoms with van der Waals surface area (Å²) in [5, 5.41) is 0. The highest BCUT2D eigenvalue weighted by atomic mass is 15.2. The molecule has 2 atom stereocenters. The highest BCUT2D eigenvalue weighted by Gasteiger charge is 2.22. The second kappa shape index (κ2) is 4.34. The van der Waals surface area contributed by atoms with Gasteiger partial charge in [-0.2, -0.15) is 0 Å². The molecular weight excluding hydrogens is 208 g/mol. The van der Waals surface area contributed by atoms with Crippen molar-refractivity contribution in [3.63, 3.8) is 0 Å². The van der Waals surface area contributed by atoms with Crippen LogP contribution in [-0.2, 0) is 6.42 Å². The summed E-state index contributed by atoms with van der Waals surface area (Å²) in [4.78, 5) is 2.56. The van der Waals surface area contributed by atoms with E-state index in [1.165, 1.54) is 42.6 Å². The summed E-state index contributed by atoms with van der Waals surface area (Å²) < 4.78 is 0. The monoisotopic (exact) mass is 230 g/mol. The van der Waals surface area contributed by atoms with E-state index in [-0.39, 0.29) is 6.04 Å². The summed E-state index contributed by atoms with van der Waals surface area (Å²) in [6.45, 7) is 3.56. The molecule has 1 saturated heterocycles. The average Bonchev–Trinajstić information content (AvgIpc) is 2.71. The summed E-state index contributed by atoms with van der Waals surface area (Å²) in [5.41, 5.74) is 10.3. The van der Waals surface area contributed by atoms with Crippen molar-refractivity contribution >= 4 is 5.69 Å². The molecule has 0 radical (unpaired) electrons. The molecule has 0 saturated carbocycles. The van der Waals surface area contributed by atoms with Crippen LogP contribution >= 0.6 is 0 Å². The first-order valence-electron chi connectivity index (χ1n) is 6.91. The summed E-state index contributed by atoms with van der Waals surface area (Å²) in [6.07, 6.45) is 6.33. The molecule has 2 heteroatoms. The molecule has 3 rings (SSSR count). The lowest BCUT2D eigenvalue weighted by atomic mass is 10.0. The Labute approximate surface area is 104 Å². The fraction of sp³-hybridized carbons (Fsp3) is 0.600. The van der Waals surface area contributed by atoms with Crippen molar-refractivity contribution in [2.75, 3.05) is 11.4 Å². The van der Waals surface area contributed by atoms with Crippen LogP contribution in [0.4, 0.5) is 5.69 Å². The molecule has 0 aromatic heterocycles. The largest absolute Gasteiger partial charge is 0.369 e. The van der Waals surface area contributed by atoms with Crippen LogP contribution in [0.15, 0.2) is 18.2 Å². The number of hydrogen-bond donors (Lipinski definition) is 1. The molecule has 1 aromatic rings. The number of rotatable bonds is 1. The van der Waals surface area contributed by atoms with Crippen LogP contribution in [0.3, 0.4) is 0 Å². The predicted molar refractivity (Wildman–Crippen MR) is 72.4 cm³/mol. The highest BCUT2D eigenvalue weighted by molar-refractivity contribution is 5.53. The van der Waals surface area contributed by atoms with Gasteiger partial charge in [-0.15, -0.1) is 0 Å². The van der Waals surface area contributed by atoms with Gasteiger partial charge in [0.2, 0.25) is 0 Å². The maximum absolute atomic E-state index is 6.09. The molecule has 1 fully saturated rings. The second-order valence-corrected chi connectivity index (χ2v) is 5.57. The fourth-order valence-corrected chi connectivity index (χ4v) is 3.30. The molecule has 1 aromatic carbocycles. The van der Waals surface area contributed by atoms with Crippen molar-refractivity contribution in [3.8, 4) is 0 Å². The average molecular weight is 230 g/mol. The van der Waals surface area contributed by atoms with Crippen LogP contribution in [0.5, 0.6) is 0 Å². The zero-order valence-electron chi connectivity index (χ0n) is 10.7. The number of aryl methyl sites for hydroxylation is 1. The molecule has 0 bridgehead atoms. The first kappa shape index (κ1) is 11.1. The topological polar surface area (TPSA) is 29.3 Å². The van der Waals surface area contributed by atoms with E-state index in [1.54, 1.807) is 0 Å². The van der Waals surface area contributed by atoms with Crippen molar-refractivity contribution in [2.45, 2.75) is 51.1 Å². The normalized spacial score (nSPS) is 28.2. The van der Waals surface area contributed by atoms with Gasteiger partial charge in [-0.05, 0) is 62.3 Å². The number of nitrogens with two attached hydrogens (primary N) is 1. The molecule has 2 unspecified atom stereocenters. The van der Waals surface area contributed by atoms with Crippen LogP contribution in [-0.4, -0.2) is 12.6 Å². The summed E-state index contributed by atoms with van der Waals surface area (Å²) >= 11 is 0. The van der Waals surface area contributed by atoms with Gasteiger partial charge in [0, 0.05) is 24.3 Å². The molecule has 0 amide bonds. The minimum Gasteiger partial charge on any atom is -0.369 e. The Morgan fingerprint density at radius 1 is 1.24 bits per heavy atom. The molecule has 0 spiro atoms. The summed E-state index contributed by atoms with van der Waals surface area (Å²) in [7, 11) is 0. The second-order valence-electron chi connectivity index (χ2n) is 5.57. The zero-order valence-corrected chi connectivity index (χ0v) is 10.7. The molecule has 17 heavy (non-hydrogen) atoms. The third-order valence-corrected chi connectivity index (χ3v) is 4.39. The van der Waals surface area contributed by atoms with Crippen LogP contribution in [0.25, 0.3) is 0 Å². The summed E-state index contributed by atoms with van der Waals surface area (Å²) in [6, 6.07) is 7.87. The van der Waals surface area contributed by atoms with Crippen molar-refractivity contribution < 1.29 is 0 Å². The molecule has 2 aliphatic rings. The maximum atomic E-state index is 6.09. The number of piperidine rings is 1. The van der Waals surface area contributed by atoms with E-state index in [1.807, 2.05) is 0 Å². The maximum Gasteiger partial charge on any atom is 0.0371 e. The van der Waals surface area contributed by atoms with Gasteiger partial charge in [0.05, 0.1) is 0 Å². The van der Waals surface area contributed by atoms with Crippen LogP contribution in [0.2, 0.25) is 0 Å². The van der Waals surface area contributed by atoms with Gasteiger partial charge in [0.25, 0.3) is 0 Å². The fourth-order valence-electron chi connectivity index (χ4n) is 3.30. The van der Waals surface area contributed by atoms with Crippen molar-refractivity contribution in [1.29, 1.82) is 0 Å². The van der Waals surface area contributed by atoms with Crippen LogP contribution < -0.4 is 10.6 Å². The standard InChI is InChI=1S/C15H22N2/c1-11-4-2-3-9-17(11)13-6-7-14-12(10-13)5-8-15(14)16/h6-7,10-11,15H,2-5,8-9,16H2,1H3. The molecule has 1 heterocycles. The van der Waals surface area contributed by atoms with E-state index in [4.69, 9.17) is 5.73 Å². The third kappa shape index (κ3) is 1.95.